The zero-order chi connectivity index (χ0) is 24.2. The van der Waals surface area contributed by atoms with Gasteiger partial charge in [-0.05, 0) is 57.0 Å². The smallest absolute Gasteiger partial charge is 0.265 e. The molecule has 2 N–H and O–H groups in total. The van der Waals surface area contributed by atoms with Gasteiger partial charge in [0.2, 0.25) is 5.91 Å². The highest BCUT2D eigenvalue weighted by molar-refractivity contribution is 7.92. The second-order valence-electron chi connectivity index (χ2n) is 8.02. The maximum absolute atomic E-state index is 13.2. The van der Waals surface area contributed by atoms with Crippen molar-refractivity contribution in [2.45, 2.75) is 43.7 Å². The number of anilines is 1. The van der Waals surface area contributed by atoms with Gasteiger partial charge in [-0.2, -0.15) is 0 Å². The van der Waals surface area contributed by atoms with Gasteiger partial charge in [0.1, 0.15) is 22.4 Å². The number of carbonyl (C=O) groups excluding carboxylic acids is 2. The van der Waals surface area contributed by atoms with Crippen LogP contribution in [0.1, 0.15) is 37.0 Å². The number of carbonyl (C=O) groups is 2. The van der Waals surface area contributed by atoms with Crippen molar-refractivity contribution in [3.8, 4) is 11.5 Å². The van der Waals surface area contributed by atoms with E-state index in [0.717, 1.165) is 6.42 Å². The molecule has 2 aromatic rings. The summed E-state index contributed by atoms with van der Waals surface area (Å²) >= 11 is 0. The summed E-state index contributed by atoms with van der Waals surface area (Å²) in [6, 6.07) is 10.1. The lowest BCUT2D eigenvalue weighted by Gasteiger charge is -2.25. The van der Waals surface area contributed by atoms with Gasteiger partial charge in [-0.15, -0.1) is 0 Å². The minimum Gasteiger partial charge on any atom is -0.497 e. The molecule has 0 aliphatic carbocycles. The fourth-order valence-corrected chi connectivity index (χ4v) is 4.98. The Kier molecular flexibility index (Phi) is 7.47. The molecule has 0 aromatic heterocycles. The minimum absolute atomic E-state index is 0.0265. The van der Waals surface area contributed by atoms with E-state index in [1.807, 2.05) is 13.8 Å². The number of hydrogen-bond acceptors (Lipinski definition) is 6. The second kappa shape index (κ2) is 10.1. The Hall–Kier alpha value is -3.27. The molecule has 0 bridgehead atoms. The van der Waals surface area contributed by atoms with Gasteiger partial charge in [-0.1, -0.05) is 6.07 Å². The van der Waals surface area contributed by atoms with Crippen molar-refractivity contribution in [1.82, 2.24) is 10.2 Å². The van der Waals surface area contributed by atoms with E-state index in [0.29, 0.717) is 18.7 Å². The summed E-state index contributed by atoms with van der Waals surface area (Å²) in [5.41, 5.74) is 0.505. The van der Waals surface area contributed by atoms with Crippen molar-refractivity contribution < 1.29 is 27.5 Å². The van der Waals surface area contributed by atoms with E-state index in [1.165, 1.54) is 37.3 Å². The highest BCUT2D eigenvalue weighted by Gasteiger charge is 2.34. The zero-order valence-electron chi connectivity index (χ0n) is 19.1. The molecule has 9 nitrogen and oxygen atoms in total. The number of amides is 2. The predicted molar refractivity (Wildman–Crippen MR) is 124 cm³/mol. The molecule has 1 aliphatic rings. The van der Waals surface area contributed by atoms with E-state index in [-0.39, 0.29) is 39.8 Å². The molecule has 1 aliphatic heterocycles. The molecule has 0 radical (unpaired) electrons. The van der Waals surface area contributed by atoms with Crippen LogP contribution in [0.25, 0.3) is 0 Å². The van der Waals surface area contributed by atoms with Gasteiger partial charge in [-0.25, -0.2) is 8.42 Å². The van der Waals surface area contributed by atoms with Crippen molar-refractivity contribution in [1.29, 1.82) is 0 Å². The number of likely N-dealkylation sites (tertiary alicyclic amines) is 1. The molecule has 1 fully saturated rings. The monoisotopic (exact) mass is 475 g/mol. The van der Waals surface area contributed by atoms with Crippen LogP contribution in [0.5, 0.6) is 11.5 Å². The van der Waals surface area contributed by atoms with Crippen LogP contribution >= 0.6 is 0 Å². The van der Waals surface area contributed by atoms with Gasteiger partial charge >= 0.3 is 0 Å². The van der Waals surface area contributed by atoms with Crippen molar-refractivity contribution >= 4 is 27.5 Å². The summed E-state index contributed by atoms with van der Waals surface area (Å²) in [4.78, 5) is 27.1. The first-order valence-electron chi connectivity index (χ1n) is 10.6. The molecule has 2 aromatic carbocycles. The van der Waals surface area contributed by atoms with Crippen LogP contribution in [-0.2, 0) is 14.8 Å². The van der Waals surface area contributed by atoms with Crippen LogP contribution in [0.15, 0.2) is 47.4 Å². The molecule has 10 heteroatoms. The Morgan fingerprint density at radius 3 is 2.52 bits per heavy atom. The van der Waals surface area contributed by atoms with Crippen molar-refractivity contribution in [3.63, 3.8) is 0 Å². The van der Waals surface area contributed by atoms with Crippen molar-refractivity contribution in [2.75, 3.05) is 25.5 Å². The minimum atomic E-state index is -4.03. The maximum atomic E-state index is 13.2. The number of methoxy groups -OCH3 is 2. The zero-order valence-corrected chi connectivity index (χ0v) is 19.9. The molecule has 2 amide bonds. The van der Waals surface area contributed by atoms with Crippen LogP contribution in [0.3, 0.4) is 0 Å². The van der Waals surface area contributed by atoms with E-state index < -0.39 is 16.1 Å². The number of rotatable bonds is 8. The number of nitrogens with one attached hydrogen (secondary N) is 2. The standard InChI is InChI=1S/C23H29N3O6S/c1-15(2)24-22(27)19-9-6-12-26(19)23(28)16-7-5-8-17(13-16)25-33(29,30)21-14-18(31-3)10-11-20(21)32-4/h5,7-8,10-11,13-15,19,25H,6,9,12H2,1-4H3,(H,24,27). The van der Waals surface area contributed by atoms with E-state index >= 15 is 0 Å². The average molecular weight is 476 g/mol. The fraction of sp³-hybridized carbons (Fsp3) is 0.391. The largest absolute Gasteiger partial charge is 0.497 e. The Morgan fingerprint density at radius 1 is 1.09 bits per heavy atom. The first-order valence-corrected chi connectivity index (χ1v) is 12.1. The number of hydrogen-bond donors (Lipinski definition) is 2. The number of nitrogens with zero attached hydrogens (tertiary/aromatic N) is 1. The van der Waals surface area contributed by atoms with E-state index in [4.69, 9.17) is 9.47 Å². The maximum Gasteiger partial charge on any atom is 0.265 e. The summed E-state index contributed by atoms with van der Waals surface area (Å²) in [6.45, 7) is 4.20. The normalized spacial score (nSPS) is 15.9. The second-order valence-corrected chi connectivity index (χ2v) is 9.67. The Bertz CT molecular complexity index is 1130. The molecule has 1 saturated heterocycles. The molecule has 33 heavy (non-hydrogen) atoms. The highest BCUT2D eigenvalue weighted by Crippen LogP contribution is 2.30. The predicted octanol–water partition coefficient (Wildman–Crippen LogP) is 2.63. The summed E-state index contributed by atoms with van der Waals surface area (Å²) in [7, 11) is -1.22. The van der Waals surface area contributed by atoms with Gasteiger partial charge in [0, 0.05) is 29.9 Å². The lowest BCUT2D eigenvalue weighted by Crippen LogP contribution is -2.47. The SMILES string of the molecule is COc1ccc(OC)c(S(=O)(=O)Nc2cccc(C(=O)N3CCCC3C(=O)NC(C)C)c2)c1. The fourth-order valence-electron chi connectivity index (χ4n) is 3.75. The molecule has 3 rings (SSSR count). The van der Waals surface area contributed by atoms with Crippen LogP contribution in [0.4, 0.5) is 5.69 Å². The topological polar surface area (TPSA) is 114 Å². The lowest BCUT2D eigenvalue weighted by molar-refractivity contribution is -0.125. The Morgan fingerprint density at radius 2 is 1.85 bits per heavy atom. The van der Waals surface area contributed by atoms with Crippen LogP contribution in [-0.4, -0.2) is 58.0 Å². The summed E-state index contributed by atoms with van der Waals surface area (Å²) < 4.78 is 38.9. The average Bonchev–Trinajstić information content (AvgIpc) is 3.27. The van der Waals surface area contributed by atoms with Gasteiger partial charge in [-0.3, -0.25) is 14.3 Å². The number of sulfonamides is 1. The Labute approximate surface area is 194 Å². The highest BCUT2D eigenvalue weighted by atomic mass is 32.2. The quantitative estimate of drug-likeness (QED) is 0.607. The summed E-state index contributed by atoms with van der Waals surface area (Å²) in [5, 5.41) is 2.86. The molecule has 0 spiro atoms. The van der Waals surface area contributed by atoms with Crippen LogP contribution in [0, 0.1) is 0 Å². The van der Waals surface area contributed by atoms with E-state index in [1.54, 1.807) is 24.3 Å². The number of ether oxygens (including phenoxy) is 2. The third-order valence-electron chi connectivity index (χ3n) is 5.27. The first kappa shape index (κ1) is 24.4. The molecule has 1 heterocycles. The molecule has 1 atom stereocenters. The first-order chi connectivity index (χ1) is 15.7. The lowest BCUT2D eigenvalue weighted by atomic mass is 10.1. The Balaban J connectivity index is 1.84. The van der Waals surface area contributed by atoms with Crippen molar-refractivity contribution in [2.24, 2.45) is 0 Å². The van der Waals surface area contributed by atoms with Crippen LogP contribution in [0.2, 0.25) is 0 Å². The number of benzene rings is 2. The van der Waals surface area contributed by atoms with E-state index in [2.05, 4.69) is 10.0 Å². The van der Waals surface area contributed by atoms with Gasteiger partial charge in [0.25, 0.3) is 15.9 Å². The molecule has 0 saturated carbocycles. The van der Waals surface area contributed by atoms with Crippen molar-refractivity contribution in [3.05, 3.63) is 48.0 Å². The van der Waals surface area contributed by atoms with Gasteiger partial charge in [0.05, 0.1) is 14.2 Å². The molecule has 178 valence electrons. The molecular formula is C23H29N3O6S. The molecule has 1 unspecified atom stereocenters. The van der Waals surface area contributed by atoms with E-state index in [9.17, 15) is 18.0 Å². The third-order valence-corrected chi connectivity index (χ3v) is 6.67. The summed E-state index contributed by atoms with van der Waals surface area (Å²) in [6.07, 6.45) is 1.32. The van der Waals surface area contributed by atoms with Gasteiger partial charge in [0.15, 0.2) is 0 Å². The van der Waals surface area contributed by atoms with Crippen LogP contribution < -0.4 is 19.5 Å². The van der Waals surface area contributed by atoms with Gasteiger partial charge < -0.3 is 19.7 Å². The third kappa shape index (κ3) is 5.57. The molecular weight excluding hydrogens is 446 g/mol. The summed E-state index contributed by atoms with van der Waals surface area (Å²) in [5.74, 6) is 0.0145.